The van der Waals surface area contributed by atoms with Crippen LogP contribution >= 0.6 is 0 Å². The predicted octanol–water partition coefficient (Wildman–Crippen LogP) is 2.72. The lowest BCUT2D eigenvalue weighted by Crippen LogP contribution is -2.12. The molecule has 0 amide bonds. The highest BCUT2D eigenvalue weighted by Gasteiger charge is 2.12. The highest BCUT2D eigenvalue weighted by atomic mass is 19.1. The summed E-state index contributed by atoms with van der Waals surface area (Å²) in [4.78, 5) is 11.5. The number of rotatable bonds is 6. The molecular formula is C13H17FO3. The zero-order valence-corrected chi connectivity index (χ0v) is 10.2. The number of carbonyl (C=O) groups is 1. The molecule has 0 saturated carbocycles. The van der Waals surface area contributed by atoms with Gasteiger partial charge in [0.15, 0.2) is 0 Å². The molecule has 0 heterocycles. The summed E-state index contributed by atoms with van der Waals surface area (Å²) < 4.78 is 23.4. The van der Waals surface area contributed by atoms with Gasteiger partial charge in [-0.2, -0.15) is 0 Å². The summed E-state index contributed by atoms with van der Waals surface area (Å²) in [5.41, 5.74) is 0.793. The molecule has 3 nitrogen and oxygen atoms in total. The van der Waals surface area contributed by atoms with Crippen LogP contribution in [0.2, 0.25) is 0 Å². The summed E-state index contributed by atoms with van der Waals surface area (Å²) in [6, 6.07) is 4.35. The lowest BCUT2D eigenvalue weighted by Gasteiger charge is -2.06. The maximum absolute atomic E-state index is 13.3. The van der Waals surface area contributed by atoms with Crippen molar-refractivity contribution in [3.05, 3.63) is 35.1 Å². The molecule has 0 bridgehead atoms. The minimum absolute atomic E-state index is 0.0273. The molecule has 0 spiro atoms. The number of hydrogen-bond donors (Lipinski definition) is 0. The molecule has 0 aliphatic rings. The third kappa shape index (κ3) is 4.53. The van der Waals surface area contributed by atoms with E-state index in [1.54, 1.807) is 13.0 Å². The zero-order chi connectivity index (χ0) is 12.7. The van der Waals surface area contributed by atoms with Gasteiger partial charge in [-0.1, -0.05) is 18.6 Å². The number of esters is 1. The average molecular weight is 240 g/mol. The minimum atomic E-state index is -0.647. The van der Waals surface area contributed by atoms with E-state index in [4.69, 9.17) is 9.47 Å². The smallest absolute Gasteiger partial charge is 0.341 e. The predicted molar refractivity (Wildman–Crippen MR) is 62.5 cm³/mol. The molecule has 1 aromatic carbocycles. The van der Waals surface area contributed by atoms with E-state index < -0.39 is 11.8 Å². The monoisotopic (exact) mass is 240 g/mol. The van der Waals surface area contributed by atoms with Crippen LogP contribution in [0.4, 0.5) is 4.39 Å². The van der Waals surface area contributed by atoms with Gasteiger partial charge in [-0.15, -0.1) is 0 Å². The van der Waals surface area contributed by atoms with Gasteiger partial charge in [0.05, 0.1) is 12.2 Å². The highest BCUT2D eigenvalue weighted by molar-refractivity contribution is 5.89. The second kappa shape index (κ2) is 7.01. The Morgan fingerprint density at radius 1 is 1.29 bits per heavy atom. The van der Waals surface area contributed by atoms with Crippen LogP contribution in [0.5, 0.6) is 0 Å². The van der Waals surface area contributed by atoms with Crippen molar-refractivity contribution in [2.45, 2.75) is 20.3 Å². The van der Waals surface area contributed by atoms with Crippen LogP contribution in [0.25, 0.3) is 0 Å². The maximum Gasteiger partial charge on any atom is 0.341 e. The topological polar surface area (TPSA) is 35.5 Å². The molecule has 94 valence electrons. The SMILES string of the molecule is CCCOCCOC(=O)c1cc(C)ccc1F. The lowest BCUT2D eigenvalue weighted by molar-refractivity contribution is 0.0314. The third-order valence-corrected chi connectivity index (χ3v) is 2.15. The Morgan fingerprint density at radius 2 is 2.06 bits per heavy atom. The van der Waals surface area contributed by atoms with E-state index in [1.165, 1.54) is 12.1 Å². The molecule has 0 N–H and O–H groups in total. The van der Waals surface area contributed by atoms with E-state index in [0.717, 1.165) is 12.0 Å². The first-order chi connectivity index (χ1) is 8.15. The van der Waals surface area contributed by atoms with Crippen molar-refractivity contribution >= 4 is 5.97 Å². The van der Waals surface area contributed by atoms with Crippen molar-refractivity contribution < 1.29 is 18.7 Å². The van der Waals surface area contributed by atoms with Crippen molar-refractivity contribution in [1.29, 1.82) is 0 Å². The molecule has 0 aliphatic carbocycles. The molecule has 0 radical (unpaired) electrons. The molecule has 4 heteroatoms. The Balaban J connectivity index is 2.44. The van der Waals surface area contributed by atoms with Crippen LogP contribution in [-0.2, 0) is 9.47 Å². The standard InChI is InChI=1S/C13H17FO3/c1-3-6-16-7-8-17-13(15)11-9-10(2)4-5-12(11)14/h4-5,9H,3,6-8H2,1-2H3. The van der Waals surface area contributed by atoms with Crippen molar-refractivity contribution in [2.24, 2.45) is 0 Å². The fraction of sp³-hybridized carbons (Fsp3) is 0.462. The van der Waals surface area contributed by atoms with Crippen LogP contribution < -0.4 is 0 Å². The fourth-order valence-electron chi connectivity index (χ4n) is 1.31. The molecular weight excluding hydrogens is 223 g/mol. The van der Waals surface area contributed by atoms with Gasteiger partial charge in [0.1, 0.15) is 12.4 Å². The van der Waals surface area contributed by atoms with E-state index in [9.17, 15) is 9.18 Å². The van der Waals surface area contributed by atoms with Crippen molar-refractivity contribution in [2.75, 3.05) is 19.8 Å². The summed E-state index contributed by atoms with van der Waals surface area (Å²) in [7, 11) is 0. The summed E-state index contributed by atoms with van der Waals surface area (Å²) >= 11 is 0. The summed E-state index contributed by atoms with van der Waals surface area (Å²) in [6.45, 7) is 4.91. The Bertz CT molecular complexity index is 377. The van der Waals surface area contributed by atoms with Gasteiger partial charge in [0, 0.05) is 6.61 Å². The summed E-state index contributed by atoms with van der Waals surface area (Å²) in [5, 5.41) is 0. The van der Waals surface area contributed by atoms with Crippen LogP contribution in [0.15, 0.2) is 18.2 Å². The first-order valence-electron chi connectivity index (χ1n) is 5.66. The van der Waals surface area contributed by atoms with Gasteiger partial charge in [0.2, 0.25) is 0 Å². The van der Waals surface area contributed by atoms with Crippen LogP contribution in [0.1, 0.15) is 29.3 Å². The first kappa shape index (κ1) is 13.6. The van der Waals surface area contributed by atoms with Gasteiger partial charge in [0.25, 0.3) is 0 Å². The van der Waals surface area contributed by atoms with Gasteiger partial charge in [-0.05, 0) is 25.5 Å². The minimum Gasteiger partial charge on any atom is -0.460 e. The van der Waals surface area contributed by atoms with Gasteiger partial charge in [-0.3, -0.25) is 0 Å². The average Bonchev–Trinajstić information content (AvgIpc) is 2.32. The number of aryl methyl sites for hydroxylation is 1. The number of carbonyl (C=O) groups excluding carboxylic acids is 1. The van der Waals surface area contributed by atoms with E-state index >= 15 is 0 Å². The zero-order valence-electron chi connectivity index (χ0n) is 10.2. The lowest BCUT2D eigenvalue weighted by atomic mass is 10.1. The molecule has 1 aromatic rings. The summed E-state index contributed by atoms with van der Waals surface area (Å²) in [5.74, 6) is -1.21. The van der Waals surface area contributed by atoms with Crippen LogP contribution in [-0.4, -0.2) is 25.8 Å². The van der Waals surface area contributed by atoms with Crippen molar-refractivity contribution in [3.63, 3.8) is 0 Å². The quantitative estimate of drug-likeness (QED) is 0.566. The number of hydrogen-bond acceptors (Lipinski definition) is 3. The number of benzene rings is 1. The molecule has 0 unspecified atom stereocenters. The normalized spacial score (nSPS) is 10.3. The fourth-order valence-corrected chi connectivity index (χ4v) is 1.31. The Kier molecular flexibility index (Phi) is 5.63. The Labute approximate surface area is 101 Å². The summed E-state index contributed by atoms with van der Waals surface area (Å²) in [6.07, 6.45) is 0.917. The van der Waals surface area contributed by atoms with E-state index in [1.807, 2.05) is 6.92 Å². The largest absolute Gasteiger partial charge is 0.460 e. The van der Waals surface area contributed by atoms with E-state index in [0.29, 0.717) is 13.2 Å². The van der Waals surface area contributed by atoms with Crippen LogP contribution in [0, 0.1) is 12.7 Å². The first-order valence-corrected chi connectivity index (χ1v) is 5.66. The number of halogens is 1. The van der Waals surface area contributed by atoms with Gasteiger partial charge < -0.3 is 9.47 Å². The Hall–Kier alpha value is -1.42. The van der Waals surface area contributed by atoms with Crippen molar-refractivity contribution in [3.8, 4) is 0 Å². The van der Waals surface area contributed by atoms with E-state index in [-0.39, 0.29) is 12.2 Å². The number of ether oxygens (including phenoxy) is 2. The van der Waals surface area contributed by atoms with Crippen LogP contribution in [0.3, 0.4) is 0 Å². The van der Waals surface area contributed by atoms with Gasteiger partial charge in [-0.25, -0.2) is 9.18 Å². The second-order valence-corrected chi connectivity index (χ2v) is 3.73. The molecule has 1 rings (SSSR count). The molecule has 17 heavy (non-hydrogen) atoms. The molecule has 0 aromatic heterocycles. The second-order valence-electron chi connectivity index (χ2n) is 3.73. The third-order valence-electron chi connectivity index (χ3n) is 2.15. The van der Waals surface area contributed by atoms with E-state index in [2.05, 4.69) is 0 Å². The maximum atomic E-state index is 13.3. The highest BCUT2D eigenvalue weighted by Crippen LogP contribution is 2.11. The molecule has 0 aliphatic heterocycles. The van der Waals surface area contributed by atoms with Gasteiger partial charge >= 0.3 is 5.97 Å². The Morgan fingerprint density at radius 3 is 2.76 bits per heavy atom. The molecule has 0 saturated heterocycles. The molecule has 0 atom stereocenters. The van der Waals surface area contributed by atoms with Crippen molar-refractivity contribution in [1.82, 2.24) is 0 Å². The molecule has 0 fully saturated rings.